The van der Waals surface area contributed by atoms with Crippen molar-refractivity contribution in [2.75, 3.05) is 32.8 Å². The van der Waals surface area contributed by atoms with E-state index < -0.39 is 35.6 Å². The van der Waals surface area contributed by atoms with Crippen molar-refractivity contribution < 1.29 is 29.0 Å². The van der Waals surface area contributed by atoms with E-state index in [1.807, 2.05) is 0 Å². The van der Waals surface area contributed by atoms with Crippen LogP contribution in [0.5, 0.6) is 0 Å². The Bertz CT molecular complexity index is 837. The Morgan fingerprint density at radius 1 is 1.22 bits per heavy atom. The highest BCUT2D eigenvalue weighted by Gasteiger charge is 2.77. The van der Waals surface area contributed by atoms with E-state index in [2.05, 4.69) is 36.0 Å². The second-order valence-corrected chi connectivity index (χ2v) is 11.5. The number of amides is 2. The average Bonchev–Trinajstić information content (AvgIpc) is 3.47. The number of ether oxygens (including phenoxy) is 2. The number of alkyl halides is 1. The molecule has 9 heteroatoms. The Hall–Kier alpha value is -1.71. The van der Waals surface area contributed by atoms with Crippen LogP contribution in [0.25, 0.3) is 0 Å². The van der Waals surface area contributed by atoms with E-state index in [0.29, 0.717) is 45.3 Å². The number of nitrogens with zero attached hydrogens (tertiary/aromatic N) is 2. The van der Waals surface area contributed by atoms with Crippen LogP contribution in [-0.2, 0) is 23.9 Å². The second kappa shape index (κ2) is 13.9. The topological polar surface area (TPSA) is 96.4 Å². The van der Waals surface area contributed by atoms with Gasteiger partial charge in [0.05, 0.1) is 24.5 Å². The maximum Gasteiger partial charge on any atom is 0.312 e. The average molecular weight is 584 g/mol. The summed E-state index contributed by atoms with van der Waals surface area (Å²) in [6.07, 6.45) is 9.81. The van der Waals surface area contributed by atoms with Crippen LogP contribution in [0.1, 0.15) is 64.7 Å². The van der Waals surface area contributed by atoms with Crippen LogP contribution in [0.4, 0.5) is 0 Å². The fourth-order valence-corrected chi connectivity index (χ4v) is 7.10. The summed E-state index contributed by atoms with van der Waals surface area (Å²) in [6.45, 7) is 11.3. The monoisotopic (exact) mass is 582 g/mol. The van der Waals surface area contributed by atoms with Crippen molar-refractivity contribution in [1.82, 2.24) is 9.80 Å². The van der Waals surface area contributed by atoms with Crippen molar-refractivity contribution in [2.24, 2.45) is 11.8 Å². The molecular formula is C28H43BrN2O6. The highest BCUT2D eigenvalue weighted by molar-refractivity contribution is 9.09. The van der Waals surface area contributed by atoms with Gasteiger partial charge < -0.3 is 24.4 Å². The van der Waals surface area contributed by atoms with Crippen molar-refractivity contribution in [3.63, 3.8) is 0 Å². The molecule has 2 amide bonds. The predicted molar refractivity (Wildman–Crippen MR) is 145 cm³/mol. The van der Waals surface area contributed by atoms with Gasteiger partial charge in [0.2, 0.25) is 11.8 Å². The molecule has 0 aromatic heterocycles. The molecule has 0 radical (unpaired) electrons. The number of carbonyl (C=O) groups is 3. The number of halogens is 1. The molecule has 3 aliphatic rings. The molecule has 0 aromatic carbocycles. The number of esters is 1. The number of carbonyl (C=O) groups excluding carboxylic acids is 3. The number of likely N-dealkylation sites (tertiary alicyclic amines) is 1. The molecule has 1 spiro atoms. The van der Waals surface area contributed by atoms with Gasteiger partial charge in [-0.25, -0.2) is 0 Å². The zero-order valence-corrected chi connectivity index (χ0v) is 23.7. The maximum atomic E-state index is 14.2. The summed E-state index contributed by atoms with van der Waals surface area (Å²) >= 11 is 3.69. The molecule has 3 aliphatic heterocycles. The van der Waals surface area contributed by atoms with Gasteiger partial charge in [0, 0.05) is 31.1 Å². The summed E-state index contributed by atoms with van der Waals surface area (Å²) in [4.78, 5) is 44.7. The first-order valence-electron chi connectivity index (χ1n) is 13.8. The van der Waals surface area contributed by atoms with Crippen LogP contribution >= 0.6 is 15.9 Å². The minimum absolute atomic E-state index is 0.0865. The lowest BCUT2D eigenvalue weighted by Crippen LogP contribution is -2.57. The van der Waals surface area contributed by atoms with Gasteiger partial charge in [0.15, 0.2) is 0 Å². The summed E-state index contributed by atoms with van der Waals surface area (Å²) < 4.78 is 12.1. The molecule has 3 unspecified atom stereocenters. The summed E-state index contributed by atoms with van der Waals surface area (Å²) in [6, 6.07) is -0.802. The molecule has 3 fully saturated rings. The third-order valence-corrected chi connectivity index (χ3v) is 8.69. The van der Waals surface area contributed by atoms with E-state index in [1.165, 1.54) is 0 Å². The Morgan fingerprint density at radius 3 is 2.68 bits per heavy atom. The van der Waals surface area contributed by atoms with Crippen molar-refractivity contribution in [1.29, 1.82) is 0 Å². The second-order valence-electron chi connectivity index (χ2n) is 10.4. The number of fused-ring (bicyclic) bond motifs is 1. The zero-order chi connectivity index (χ0) is 27.0. The molecule has 1 N–H and O–H groups in total. The van der Waals surface area contributed by atoms with E-state index in [1.54, 1.807) is 22.0 Å². The Balaban J connectivity index is 1.91. The van der Waals surface area contributed by atoms with E-state index in [4.69, 9.17) is 9.47 Å². The molecule has 37 heavy (non-hydrogen) atoms. The first-order chi connectivity index (χ1) is 17.9. The molecule has 0 aliphatic carbocycles. The van der Waals surface area contributed by atoms with Gasteiger partial charge in [-0.2, -0.15) is 0 Å². The minimum Gasteiger partial charge on any atom is -0.465 e. The van der Waals surface area contributed by atoms with Gasteiger partial charge in [-0.05, 0) is 44.9 Å². The Labute approximate surface area is 229 Å². The third kappa shape index (κ3) is 6.14. The Kier molecular flexibility index (Phi) is 11.2. The smallest absolute Gasteiger partial charge is 0.312 e. The Morgan fingerprint density at radius 2 is 2.00 bits per heavy atom. The predicted octanol–water partition coefficient (Wildman–Crippen LogP) is 3.61. The van der Waals surface area contributed by atoms with Crippen LogP contribution in [0.2, 0.25) is 0 Å². The lowest BCUT2D eigenvalue weighted by Gasteiger charge is -2.37. The maximum absolute atomic E-state index is 14.2. The van der Waals surface area contributed by atoms with Crippen LogP contribution in [0.3, 0.4) is 0 Å². The fourth-order valence-electron chi connectivity index (χ4n) is 6.16. The number of unbranched alkanes of at least 4 members (excludes halogenated alkanes) is 5. The summed E-state index contributed by atoms with van der Waals surface area (Å²) in [5, 5.41) is 9.20. The molecule has 208 valence electrons. The van der Waals surface area contributed by atoms with Crippen LogP contribution < -0.4 is 0 Å². The molecule has 6 atom stereocenters. The van der Waals surface area contributed by atoms with Gasteiger partial charge in [-0.1, -0.05) is 47.8 Å². The normalized spacial score (nSPS) is 29.9. The molecule has 3 rings (SSSR count). The van der Waals surface area contributed by atoms with Gasteiger partial charge >= 0.3 is 5.97 Å². The quantitative estimate of drug-likeness (QED) is 0.122. The number of aliphatic hydroxyl groups excluding tert-OH is 1. The number of hydrogen-bond acceptors (Lipinski definition) is 6. The largest absolute Gasteiger partial charge is 0.465 e. The molecule has 0 saturated carbocycles. The summed E-state index contributed by atoms with van der Waals surface area (Å²) in [5.41, 5.74) is -1.07. The van der Waals surface area contributed by atoms with Crippen LogP contribution in [-0.4, -0.2) is 88.1 Å². The van der Waals surface area contributed by atoms with Crippen molar-refractivity contribution in [3.8, 4) is 0 Å². The van der Waals surface area contributed by atoms with Gasteiger partial charge in [0.1, 0.15) is 11.6 Å². The third-order valence-electron chi connectivity index (χ3n) is 7.84. The first kappa shape index (κ1) is 29.8. The van der Waals surface area contributed by atoms with Gasteiger partial charge in [-0.3, -0.25) is 14.4 Å². The molecule has 3 saturated heterocycles. The minimum atomic E-state index is -1.07. The molecular weight excluding hydrogens is 540 g/mol. The van der Waals surface area contributed by atoms with E-state index >= 15 is 0 Å². The van der Waals surface area contributed by atoms with E-state index in [-0.39, 0.29) is 29.9 Å². The fraction of sp³-hybridized carbons (Fsp3) is 0.750. The van der Waals surface area contributed by atoms with Gasteiger partial charge in [0.25, 0.3) is 0 Å². The highest BCUT2D eigenvalue weighted by Crippen LogP contribution is 2.60. The number of rotatable bonds is 17. The highest BCUT2D eigenvalue weighted by atomic mass is 79.9. The van der Waals surface area contributed by atoms with Crippen molar-refractivity contribution >= 4 is 33.7 Å². The van der Waals surface area contributed by atoms with Crippen LogP contribution in [0.15, 0.2) is 25.3 Å². The molecule has 0 aromatic rings. The number of aliphatic hydroxyl groups is 1. The standard InChI is InChI=1S/C28H43BrN2O6/c1-4-7-10-15-30(14-6-3)26(34)24-28-19-20(29)23(37-28)21(27(35)36-18-13-8-5-2)22(28)25(33)31(24)16-11-9-12-17-32/h5-6,20-24,32H,2-4,7-19H2,1H3/t20?,21-,22-,23-,24?,28?/m0/s1. The SMILES string of the molecule is C=CCCCOC(=O)[C@H]1[C@H]2C(=O)N(CCCCCO)C(C(=O)N(CC=C)CCCCC)C23CC(Br)[C@@H]1O3. The van der Waals surface area contributed by atoms with E-state index in [0.717, 1.165) is 32.1 Å². The zero-order valence-electron chi connectivity index (χ0n) is 22.1. The lowest BCUT2D eigenvalue weighted by molar-refractivity contribution is -0.155. The summed E-state index contributed by atoms with van der Waals surface area (Å²) in [7, 11) is 0. The van der Waals surface area contributed by atoms with Crippen molar-refractivity contribution in [3.05, 3.63) is 25.3 Å². The number of hydrogen-bond donors (Lipinski definition) is 1. The summed E-state index contributed by atoms with van der Waals surface area (Å²) in [5.74, 6) is -2.28. The van der Waals surface area contributed by atoms with E-state index in [9.17, 15) is 19.5 Å². The lowest BCUT2D eigenvalue weighted by atomic mass is 9.70. The molecule has 3 heterocycles. The number of allylic oxidation sites excluding steroid dienone is 1. The first-order valence-corrected chi connectivity index (χ1v) is 14.7. The molecule has 8 nitrogen and oxygen atoms in total. The van der Waals surface area contributed by atoms with Gasteiger partial charge in [-0.15, -0.1) is 13.2 Å². The molecule has 2 bridgehead atoms. The van der Waals surface area contributed by atoms with Crippen molar-refractivity contribution in [2.45, 2.75) is 87.3 Å². The van der Waals surface area contributed by atoms with Crippen LogP contribution in [0, 0.1) is 11.8 Å².